The van der Waals surface area contributed by atoms with Crippen LogP contribution in [0, 0.1) is 0 Å². The molecule has 0 fully saturated rings. The zero-order chi connectivity index (χ0) is 31.5. The third-order valence-electron chi connectivity index (χ3n) is 6.25. The number of allylic oxidation sites excluding steroid dienone is 10. The Bertz CT molecular complexity index is 1110. The minimum Gasteiger partial charge on any atom is -0.507 e. The van der Waals surface area contributed by atoms with Gasteiger partial charge in [-0.05, 0) is 88.2 Å². The Balaban J connectivity index is 2.10. The number of hydrogen-bond donors (Lipinski definition) is 3. The fourth-order valence-electron chi connectivity index (χ4n) is 3.91. The molecule has 0 heterocycles. The van der Waals surface area contributed by atoms with Crippen LogP contribution in [0.2, 0.25) is 0 Å². The molecule has 1 rings (SSSR count). The number of carboxylic acid groups (broad SMARTS) is 1. The number of unbranched alkanes of at least 4 members (excludes halogenated alkanes) is 2. The van der Waals surface area contributed by atoms with Gasteiger partial charge in [0, 0.05) is 12.1 Å². The second-order valence-electron chi connectivity index (χ2n) is 9.84. The molecule has 3 N–H and O–H groups in total. The lowest BCUT2D eigenvalue weighted by Gasteiger charge is -2.13. The summed E-state index contributed by atoms with van der Waals surface area (Å²) < 4.78 is 5.11. The monoisotopic (exact) mass is 611 g/mol. The predicted molar refractivity (Wildman–Crippen MR) is 179 cm³/mol. The lowest BCUT2D eigenvalue weighted by molar-refractivity contribution is -0.118. The first-order valence-electron chi connectivity index (χ1n) is 15.3. The fourth-order valence-corrected chi connectivity index (χ4v) is 5.10. The molecule has 0 bridgehead atoms. The first kappa shape index (κ1) is 37.5. The minimum atomic E-state index is -1.30. The fraction of sp³-hybridized carbons (Fsp3) is 0.457. The van der Waals surface area contributed by atoms with Crippen molar-refractivity contribution in [2.24, 2.45) is 0 Å². The summed E-state index contributed by atoms with van der Waals surface area (Å²) >= 11 is 1.70. The third kappa shape index (κ3) is 19.3. The second kappa shape index (κ2) is 25.0. The number of aromatic carboxylic acids is 1. The summed E-state index contributed by atoms with van der Waals surface area (Å²) in [6, 6.07) is 3.71. The van der Waals surface area contributed by atoms with Crippen LogP contribution in [-0.4, -0.2) is 45.7 Å². The van der Waals surface area contributed by atoms with Gasteiger partial charge in [-0.25, -0.2) is 9.59 Å². The minimum absolute atomic E-state index is 0.0473. The highest BCUT2D eigenvalue weighted by Gasteiger charge is 2.17. The number of carboxylic acids is 1. The molecule has 8 heteroatoms. The van der Waals surface area contributed by atoms with Crippen LogP contribution in [0.1, 0.15) is 94.8 Å². The van der Waals surface area contributed by atoms with Crippen molar-refractivity contribution in [1.82, 2.24) is 0 Å². The highest BCUT2D eigenvalue weighted by atomic mass is 32.2. The number of ketones is 1. The summed E-state index contributed by atoms with van der Waals surface area (Å²) in [6.45, 7) is 4.24. The molecule has 1 aromatic rings. The number of Topliss-reactive ketones (excluding diaryl/α,β-unsaturated/α-hetero) is 1. The van der Waals surface area contributed by atoms with E-state index in [0.29, 0.717) is 12.8 Å². The van der Waals surface area contributed by atoms with Gasteiger partial charge >= 0.3 is 12.1 Å². The van der Waals surface area contributed by atoms with Crippen molar-refractivity contribution >= 4 is 35.3 Å². The average molecular weight is 612 g/mol. The van der Waals surface area contributed by atoms with Gasteiger partial charge in [0.25, 0.3) is 0 Å². The quantitative estimate of drug-likeness (QED) is 0.0642. The van der Waals surface area contributed by atoms with Crippen LogP contribution in [0.5, 0.6) is 5.75 Å². The number of benzene rings is 1. The van der Waals surface area contributed by atoms with Gasteiger partial charge in [0.05, 0.1) is 11.9 Å². The number of carbonyl (C=O) groups is 3. The molecule has 0 radical (unpaired) electrons. The molecule has 43 heavy (non-hydrogen) atoms. The Morgan fingerprint density at radius 2 is 1.47 bits per heavy atom. The number of ether oxygens (including phenoxy) is 1. The van der Waals surface area contributed by atoms with E-state index in [-0.39, 0.29) is 28.9 Å². The maximum absolute atomic E-state index is 12.6. The standard InChI is InChI=1S/C35H49NO6S/c1-3-5-6-7-8-9-10-11-12-13-14-15-16-17-18-19-20-21-27-43-33(4-2)32(38)23-22-26-42-35(41)36-29-24-25-31(37)30(28-29)34(39)40/h5-6,8-9,11-12,14-15,17-18,24-25,28,33,37H,3-4,7,10,13,16,19-23,26-27H2,1-2H3,(H,36,41)(H,39,40)/b6-5-,9-8-,12-11-,15-14-,18-17-. The first-order valence-corrected chi connectivity index (χ1v) is 16.3. The summed E-state index contributed by atoms with van der Waals surface area (Å²) in [5.74, 6) is -0.585. The van der Waals surface area contributed by atoms with E-state index in [4.69, 9.17) is 9.84 Å². The molecule has 0 aliphatic carbocycles. The van der Waals surface area contributed by atoms with Gasteiger partial charge in [-0.1, -0.05) is 74.6 Å². The van der Waals surface area contributed by atoms with E-state index in [1.807, 2.05) is 6.92 Å². The van der Waals surface area contributed by atoms with Crippen molar-refractivity contribution in [2.75, 3.05) is 17.7 Å². The molecule has 0 spiro atoms. The van der Waals surface area contributed by atoms with Crippen LogP contribution in [0.15, 0.2) is 79.0 Å². The van der Waals surface area contributed by atoms with E-state index < -0.39 is 17.8 Å². The number of thioether (sulfide) groups is 1. The van der Waals surface area contributed by atoms with Crippen molar-refractivity contribution < 1.29 is 29.3 Å². The number of aromatic hydroxyl groups is 1. The highest BCUT2D eigenvalue weighted by Crippen LogP contribution is 2.22. The molecule has 1 aromatic carbocycles. The number of nitrogens with one attached hydrogen (secondary N) is 1. The smallest absolute Gasteiger partial charge is 0.411 e. The molecule has 0 saturated heterocycles. The lowest BCUT2D eigenvalue weighted by Crippen LogP contribution is -2.19. The van der Waals surface area contributed by atoms with Crippen LogP contribution in [0.4, 0.5) is 10.5 Å². The topological polar surface area (TPSA) is 113 Å². The van der Waals surface area contributed by atoms with E-state index >= 15 is 0 Å². The zero-order valence-electron chi connectivity index (χ0n) is 25.7. The molecule has 0 aromatic heterocycles. The summed E-state index contributed by atoms with van der Waals surface area (Å²) in [4.78, 5) is 35.6. The van der Waals surface area contributed by atoms with Crippen LogP contribution in [-0.2, 0) is 9.53 Å². The summed E-state index contributed by atoms with van der Waals surface area (Å²) in [5.41, 5.74) is -0.124. The van der Waals surface area contributed by atoms with Gasteiger partial charge in [-0.2, -0.15) is 11.8 Å². The first-order chi connectivity index (χ1) is 20.9. The zero-order valence-corrected chi connectivity index (χ0v) is 26.5. The maximum Gasteiger partial charge on any atom is 0.411 e. The van der Waals surface area contributed by atoms with E-state index in [1.165, 1.54) is 12.1 Å². The van der Waals surface area contributed by atoms with Gasteiger partial charge in [0.1, 0.15) is 17.1 Å². The molecule has 0 saturated carbocycles. The van der Waals surface area contributed by atoms with Gasteiger partial charge in [0.15, 0.2) is 0 Å². The SMILES string of the molecule is CC/C=C\C/C=C\C/C=C\C/C=C\C/C=C\CCCCSC(CC)C(=O)CCCOC(=O)Nc1ccc(O)c(C(=O)O)c1. The Morgan fingerprint density at radius 3 is 2.05 bits per heavy atom. The normalized spacial score (nSPS) is 12.7. The summed E-state index contributed by atoms with van der Waals surface area (Å²) in [5, 5.41) is 21.0. The van der Waals surface area contributed by atoms with Crippen molar-refractivity contribution in [3.8, 4) is 5.75 Å². The van der Waals surface area contributed by atoms with E-state index in [0.717, 1.165) is 69.6 Å². The van der Waals surface area contributed by atoms with Gasteiger partial charge in [0.2, 0.25) is 0 Å². The van der Waals surface area contributed by atoms with Crippen molar-refractivity contribution in [3.05, 3.63) is 84.5 Å². The number of phenols is 1. The van der Waals surface area contributed by atoms with Crippen molar-refractivity contribution in [3.63, 3.8) is 0 Å². The number of carbonyl (C=O) groups excluding carboxylic acids is 2. The maximum atomic E-state index is 12.6. The van der Waals surface area contributed by atoms with Gasteiger partial charge in [-0.3, -0.25) is 10.1 Å². The molecule has 7 nitrogen and oxygen atoms in total. The average Bonchev–Trinajstić information content (AvgIpc) is 2.99. The van der Waals surface area contributed by atoms with E-state index in [9.17, 15) is 19.5 Å². The number of hydrogen-bond acceptors (Lipinski definition) is 6. The van der Waals surface area contributed by atoms with Crippen molar-refractivity contribution in [1.29, 1.82) is 0 Å². The summed E-state index contributed by atoms with van der Waals surface area (Å²) in [6.07, 6.45) is 31.0. The molecule has 0 aliphatic heterocycles. The van der Waals surface area contributed by atoms with Crippen LogP contribution >= 0.6 is 11.8 Å². The molecule has 1 amide bonds. The van der Waals surface area contributed by atoms with Gasteiger partial charge < -0.3 is 14.9 Å². The molecule has 1 unspecified atom stereocenters. The Labute approximate surface area is 261 Å². The van der Waals surface area contributed by atoms with Crippen LogP contribution in [0.25, 0.3) is 0 Å². The number of rotatable bonds is 23. The van der Waals surface area contributed by atoms with E-state index in [1.54, 1.807) is 11.8 Å². The van der Waals surface area contributed by atoms with Crippen LogP contribution < -0.4 is 5.32 Å². The molecule has 236 valence electrons. The molecule has 0 aliphatic rings. The molecular formula is C35H49NO6S. The van der Waals surface area contributed by atoms with Crippen molar-refractivity contribution in [2.45, 2.75) is 89.7 Å². The Hall–Kier alpha value is -3.52. The van der Waals surface area contributed by atoms with Gasteiger partial charge in [-0.15, -0.1) is 0 Å². The lowest BCUT2D eigenvalue weighted by atomic mass is 10.1. The highest BCUT2D eigenvalue weighted by molar-refractivity contribution is 8.00. The third-order valence-corrected chi connectivity index (χ3v) is 7.77. The van der Waals surface area contributed by atoms with Crippen LogP contribution in [0.3, 0.4) is 0 Å². The van der Waals surface area contributed by atoms with E-state index in [2.05, 4.69) is 73.0 Å². The largest absolute Gasteiger partial charge is 0.507 e. The summed E-state index contributed by atoms with van der Waals surface area (Å²) in [7, 11) is 0. The molecular weight excluding hydrogens is 562 g/mol. The Kier molecular flexibility index (Phi) is 21.8. The number of anilines is 1. The second-order valence-corrected chi connectivity index (χ2v) is 11.2. The predicted octanol–water partition coefficient (Wildman–Crippen LogP) is 9.42. The molecule has 1 atom stereocenters. The Morgan fingerprint density at radius 1 is 0.860 bits per heavy atom. The number of amides is 1.